The average Bonchev–Trinajstić information content (AvgIpc) is 3.06. The Kier molecular flexibility index (Phi) is 3.10. The zero-order valence-electron chi connectivity index (χ0n) is 11.7. The van der Waals surface area contributed by atoms with Crippen molar-refractivity contribution in [1.82, 2.24) is 24.7 Å². The van der Waals surface area contributed by atoms with E-state index in [9.17, 15) is 0 Å². The Morgan fingerprint density at radius 2 is 2.30 bits per heavy atom. The van der Waals surface area contributed by atoms with Crippen molar-refractivity contribution in [1.29, 1.82) is 0 Å². The van der Waals surface area contributed by atoms with E-state index in [0.29, 0.717) is 6.04 Å². The summed E-state index contributed by atoms with van der Waals surface area (Å²) in [4.78, 5) is 11.7. The molecule has 0 radical (unpaired) electrons. The number of aromatic nitrogens is 5. The number of fused-ring (bicyclic) bond motifs is 1. The second-order valence-corrected chi connectivity index (χ2v) is 5.18. The van der Waals surface area contributed by atoms with Crippen LogP contribution in [0.25, 0.3) is 22.3 Å². The van der Waals surface area contributed by atoms with Gasteiger partial charge in [-0.2, -0.15) is 5.10 Å². The van der Waals surface area contributed by atoms with Crippen LogP contribution < -0.4 is 0 Å². The molecule has 0 spiro atoms. The maximum atomic E-state index is 4.44. The van der Waals surface area contributed by atoms with Crippen LogP contribution in [0.4, 0.5) is 0 Å². The first-order valence-corrected chi connectivity index (χ1v) is 6.62. The lowest BCUT2D eigenvalue weighted by atomic mass is 10.1. The summed E-state index contributed by atoms with van der Waals surface area (Å²) in [7, 11) is 0. The Morgan fingerprint density at radius 1 is 1.45 bits per heavy atom. The van der Waals surface area contributed by atoms with Crippen LogP contribution in [0.15, 0.2) is 43.1 Å². The van der Waals surface area contributed by atoms with Crippen molar-refractivity contribution in [3.8, 4) is 11.3 Å². The number of allylic oxidation sites excluding steroid dienone is 1. The molecule has 20 heavy (non-hydrogen) atoms. The van der Waals surface area contributed by atoms with Gasteiger partial charge in [0.05, 0.1) is 17.9 Å². The highest BCUT2D eigenvalue weighted by Crippen LogP contribution is 2.25. The largest absolute Gasteiger partial charge is 0.346 e. The van der Waals surface area contributed by atoms with Crippen molar-refractivity contribution >= 4 is 11.0 Å². The summed E-state index contributed by atoms with van der Waals surface area (Å²) < 4.78 is 1.96. The minimum atomic E-state index is 0.296. The van der Waals surface area contributed by atoms with Crippen LogP contribution in [0.3, 0.4) is 0 Å². The molecule has 3 rings (SSSR count). The summed E-state index contributed by atoms with van der Waals surface area (Å²) in [6.45, 7) is 8.13. The summed E-state index contributed by atoms with van der Waals surface area (Å²) in [6, 6.07) is 2.28. The van der Waals surface area contributed by atoms with Crippen molar-refractivity contribution in [3.63, 3.8) is 0 Å². The molecule has 0 saturated heterocycles. The minimum Gasteiger partial charge on any atom is -0.346 e. The van der Waals surface area contributed by atoms with E-state index < -0.39 is 0 Å². The molecule has 1 N–H and O–H groups in total. The Bertz CT molecular complexity index is 752. The van der Waals surface area contributed by atoms with Crippen LogP contribution in [0.1, 0.15) is 26.3 Å². The highest BCUT2D eigenvalue weighted by molar-refractivity contribution is 5.89. The monoisotopic (exact) mass is 267 g/mol. The number of nitrogens with zero attached hydrogens (tertiary/aromatic N) is 4. The number of hydrogen-bond acceptors (Lipinski definition) is 3. The van der Waals surface area contributed by atoms with Crippen LogP contribution in [0, 0.1) is 0 Å². The lowest BCUT2D eigenvalue weighted by molar-refractivity contribution is 0.488. The highest BCUT2D eigenvalue weighted by atomic mass is 15.3. The van der Waals surface area contributed by atoms with E-state index >= 15 is 0 Å². The predicted octanol–water partition coefficient (Wildman–Crippen LogP) is 3.35. The van der Waals surface area contributed by atoms with Gasteiger partial charge < -0.3 is 4.98 Å². The van der Waals surface area contributed by atoms with E-state index in [1.54, 1.807) is 6.33 Å². The Labute approximate surface area is 117 Å². The third kappa shape index (κ3) is 2.22. The summed E-state index contributed by atoms with van der Waals surface area (Å²) >= 11 is 0. The molecule has 0 bridgehead atoms. The molecule has 0 fully saturated rings. The molecule has 0 aliphatic carbocycles. The van der Waals surface area contributed by atoms with Crippen molar-refractivity contribution in [2.24, 2.45) is 0 Å². The SMILES string of the molecule is C=C(C)CC(C)n1cc(-c2ncnc3[nH]ccc23)cn1. The van der Waals surface area contributed by atoms with Crippen LogP contribution in [-0.4, -0.2) is 24.7 Å². The van der Waals surface area contributed by atoms with Gasteiger partial charge >= 0.3 is 0 Å². The quantitative estimate of drug-likeness (QED) is 0.737. The summed E-state index contributed by atoms with van der Waals surface area (Å²) in [5, 5.41) is 5.46. The van der Waals surface area contributed by atoms with Gasteiger partial charge in [-0.1, -0.05) is 5.57 Å². The lowest BCUT2D eigenvalue weighted by Crippen LogP contribution is -2.05. The fourth-order valence-electron chi connectivity index (χ4n) is 2.40. The molecule has 0 saturated carbocycles. The fraction of sp³-hybridized carbons (Fsp3) is 0.267. The maximum absolute atomic E-state index is 4.44. The molecular weight excluding hydrogens is 250 g/mol. The number of H-pyrrole nitrogens is 1. The molecular formula is C15H17N5. The van der Waals surface area contributed by atoms with Crippen LogP contribution >= 0.6 is 0 Å². The average molecular weight is 267 g/mol. The van der Waals surface area contributed by atoms with Gasteiger partial charge in [0.2, 0.25) is 0 Å². The van der Waals surface area contributed by atoms with Gasteiger partial charge in [-0.3, -0.25) is 4.68 Å². The molecule has 0 aliphatic rings. The van der Waals surface area contributed by atoms with Gasteiger partial charge in [0.1, 0.15) is 12.0 Å². The van der Waals surface area contributed by atoms with Crippen molar-refractivity contribution in [2.75, 3.05) is 0 Å². The van der Waals surface area contributed by atoms with Gasteiger partial charge in [0.25, 0.3) is 0 Å². The molecule has 3 aromatic heterocycles. The predicted molar refractivity (Wildman–Crippen MR) is 79.3 cm³/mol. The number of aromatic amines is 1. The Morgan fingerprint density at radius 3 is 3.10 bits per heavy atom. The number of rotatable bonds is 4. The third-order valence-electron chi connectivity index (χ3n) is 3.32. The normalized spacial score (nSPS) is 12.7. The van der Waals surface area contributed by atoms with Crippen LogP contribution in [0.5, 0.6) is 0 Å². The van der Waals surface area contributed by atoms with E-state index in [1.807, 2.05) is 36.3 Å². The molecule has 5 heteroatoms. The fourth-order valence-corrected chi connectivity index (χ4v) is 2.40. The summed E-state index contributed by atoms with van der Waals surface area (Å²) in [6.07, 6.45) is 8.25. The molecule has 0 amide bonds. The maximum Gasteiger partial charge on any atom is 0.141 e. The second kappa shape index (κ2) is 4.92. The standard InChI is InChI=1S/C15H17N5/c1-10(2)6-11(3)20-8-12(7-19-20)14-13-4-5-16-15(13)18-9-17-14/h4-5,7-9,11H,1,6H2,2-3H3,(H,16,17,18). The van der Waals surface area contributed by atoms with Gasteiger partial charge in [-0.15, -0.1) is 6.58 Å². The molecule has 0 aromatic carbocycles. The van der Waals surface area contributed by atoms with Crippen molar-refractivity contribution in [2.45, 2.75) is 26.3 Å². The van der Waals surface area contributed by atoms with E-state index in [4.69, 9.17) is 0 Å². The molecule has 0 aliphatic heterocycles. The number of hydrogen-bond donors (Lipinski definition) is 1. The molecule has 5 nitrogen and oxygen atoms in total. The van der Waals surface area contributed by atoms with Gasteiger partial charge in [0.15, 0.2) is 0 Å². The molecule has 3 heterocycles. The highest BCUT2D eigenvalue weighted by Gasteiger charge is 2.12. The molecule has 102 valence electrons. The first-order valence-electron chi connectivity index (χ1n) is 6.62. The second-order valence-electron chi connectivity index (χ2n) is 5.18. The van der Waals surface area contributed by atoms with E-state index in [2.05, 4.69) is 33.6 Å². The third-order valence-corrected chi connectivity index (χ3v) is 3.32. The first kappa shape index (κ1) is 12.6. The summed E-state index contributed by atoms with van der Waals surface area (Å²) in [5.74, 6) is 0. The number of nitrogens with one attached hydrogen (secondary N) is 1. The minimum absolute atomic E-state index is 0.296. The molecule has 1 atom stereocenters. The zero-order chi connectivity index (χ0) is 14.1. The van der Waals surface area contributed by atoms with Crippen molar-refractivity contribution < 1.29 is 0 Å². The first-order chi connectivity index (χ1) is 9.65. The molecule has 1 unspecified atom stereocenters. The topological polar surface area (TPSA) is 59.4 Å². The van der Waals surface area contributed by atoms with E-state index in [0.717, 1.165) is 34.3 Å². The van der Waals surface area contributed by atoms with Gasteiger partial charge in [0, 0.05) is 23.3 Å². The van der Waals surface area contributed by atoms with Crippen molar-refractivity contribution in [3.05, 3.63) is 43.1 Å². The smallest absolute Gasteiger partial charge is 0.141 e. The zero-order valence-corrected chi connectivity index (χ0v) is 11.7. The molecule has 3 aromatic rings. The lowest BCUT2D eigenvalue weighted by Gasteiger charge is -2.11. The summed E-state index contributed by atoms with van der Waals surface area (Å²) in [5.41, 5.74) is 3.91. The Hall–Kier alpha value is -2.43. The van der Waals surface area contributed by atoms with Gasteiger partial charge in [-0.05, 0) is 26.3 Å². The van der Waals surface area contributed by atoms with Crippen LogP contribution in [-0.2, 0) is 0 Å². The van der Waals surface area contributed by atoms with E-state index in [1.165, 1.54) is 0 Å². The van der Waals surface area contributed by atoms with Crippen LogP contribution in [0.2, 0.25) is 0 Å². The van der Waals surface area contributed by atoms with Gasteiger partial charge in [-0.25, -0.2) is 9.97 Å². The Balaban J connectivity index is 1.97. The van der Waals surface area contributed by atoms with E-state index in [-0.39, 0.29) is 0 Å².